The molecule has 6 heteroatoms. The predicted octanol–water partition coefficient (Wildman–Crippen LogP) is 1.18. The van der Waals surface area contributed by atoms with Crippen molar-refractivity contribution in [2.24, 2.45) is 0 Å². The van der Waals surface area contributed by atoms with Gasteiger partial charge in [0.1, 0.15) is 17.9 Å². The number of nitriles is 1. The molecule has 1 aromatic heterocycles. The lowest BCUT2D eigenvalue weighted by atomic mass is 10.3. The van der Waals surface area contributed by atoms with Gasteiger partial charge in [-0.15, -0.1) is 0 Å². The molecule has 0 fully saturated rings. The molecule has 0 N–H and O–H groups in total. The average molecular weight is 180 g/mol. The molecule has 0 saturated heterocycles. The van der Waals surface area contributed by atoms with E-state index >= 15 is 0 Å². The first-order valence-electron chi connectivity index (χ1n) is 3.66. The van der Waals surface area contributed by atoms with Crippen molar-refractivity contribution in [3.63, 3.8) is 0 Å². The summed E-state index contributed by atoms with van der Waals surface area (Å²) in [5, 5.41) is 22.8. The van der Waals surface area contributed by atoms with Gasteiger partial charge in [0.2, 0.25) is 0 Å². The Morgan fingerprint density at radius 1 is 1.85 bits per heavy atom. The fraction of sp³-hybridized carbons (Fsp3) is 0.429. The van der Waals surface area contributed by atoms with E-state index in [1.165, 1.54) is 4.68 Å². The van der Waals surface area contributed by atoms with Crippen LogP contribution < -0.4 is 0 Å². The van der Waals surface area contributed by atoms with Gasteiger partial charge in [-0.25, -0.2) is 4.68 Å². The highest BCUT2D eigenvalue weighted by Crippen LogP contribution is 2.19. The molecular weight excluding hydrogens is 172 g/mol. The number of hydrogen-bond donors (Lipinski definition) is 0. The molecule has 1 unspecified atom stereocenters. The number of nitrogens with zero attached hydrogens (tertiary/aromatic N) is 4. The molecule has 6 nitrogen and oxygen atoms in total. The number of rotatable bonds is 2. The summed E-state index contributed by atoms with van der Waals surface area (Å²) < 4.78 is 1.33. The Kier molecular flexibility index (Phi) is 2.28. The Hall–Kier alpha value is -1.90. The molecule has 1 atom stereocenters. The van der Waals surface area contributed by atoms with Crippen LogP contribution in [0.3, 0.4) is 0 Å². The largest absolute Gasteiger partial charge is 0.309 e. The zero-order valence-electron chi connectivity index (χ0n) is 7.26. The van der Waals surface area contributed by atoms with Gasteiger partial charge >= 0.3 is 5.69 Å². The van der Waals surface area contributed by atoms with Crippen LogP contribution in [0.1, 0.15) is 18.7 Å². The summed E-state index contributed by atoms with van der Waals surface area (Å²) >= 11 is 0. The second kappa shape index (κ2) is 3.23. The molecule has 0 radical (unpaired) electrons. The summed E-state index contributed by atoms with van der Waals surface area (Å²) in [7, 11) is 0. The summed E-state index contributed by atoms with van der Waals surface area (Å²) in [5.41, 5.74) is 0.348. The van der Waals surface area contributed by atoms with Crippen LogP contribution in [0, 0.1) is 28.4 Å². The first-order chi connectivity index (χ1) is 6.07. The zero-order valence-corrected chi connectivity index (χ0v) is 7.26. The van der Waals surface area contributed by atoms with Crippen LogP contribution in [0.25, 0.3) is 0 Å². The number of nitro groups is 1. The first-order valence-corrected chi connectivity index (χ1v) is 3.66. The van der Waals surface area contributed by atoms with E-state index in [0.717, 1.165) is 6.20 Å². The number of aromatic nitrogens is 2. The molecule has 68 valence electrons. The quantitative estimate of drug-likeness (QED) is 0.505. The lowest BCUT2D eigenvalue weighted by Crippen LogP contribution is -2.06. The van der Waals surface area contributed by atoms with Crippen LogP contribution >= 0.6 is 0 Å². The second-order valence-electron chi connectivity index (χ2n) is 2.62. The maximum Gasteiger partial charge on any atom is 0.309 e. The number of hydrogen-bond acceptors (Lipinski definition) is 4. The van der Waals surface area contributed by atoms with Crippen molar-refractivity contribution in [3.8, 4) is 6.07 Å². The van der Waals surface area contributed by atoms with E-state index in [0.29, 0.717) is 5.69 Å². The van der Waals surface area contributed by atoms with Crippen molar-refractivity contribution in [2.75, 3.05) is 0 Å². The summed E-state index contributed by atoms with van der Waals surface area (Å²) in [5.74, 6) is 0. The van der Waals surface area contributed by atoms with Crippen LogP contribution in [0.4, 0.5) is 5.69 Å². The van der Waals surface area contributed by atoms with Gasteiger partial charge in [-0.2, -0.15) is 10.4 Å². The molecule has 1 heterocycles. The smallest absolute Gasteiger partial charge is 0.258 e. The minimum atomic E-state index is -0.511. The van der Waals surface area contributed by atoms with Crippen molar-refractivity contribution in [2.45, 2.75) is 19.9 Å². The second-order valence-corrected chi connectivity index (χ2v) is 2.62. The van der Waals surface area contributed by atoms with Crippen LogP contribution in [-0.2, 0) is 0 Å². The van der Waals surface area contributed by atoms with E-state index in [1.807, 2.05) is 6.07 Å². The van der Waals surface area contributed by atoms with E-state index in [1.54, 1.807) is 13.8 Å². The molecule has 0 aliphatic rings. The minimum Gasteiger partial charge on any atom is -0.258 e. The minimum absolute atomic E-state index is 0.0536. The van der Waals surface area contributed by atoms with Gasteiger partial charge in [0.25, 0.3) is 0 Å². The Labute approximate surface area is 74.5 Å². The molecule has 0 aliphatic carbocycles. The molecule has 1 aromatic rings. The molecule has 0 amide bonds. The van der Waals surface area contributed by atoms with E-state index < -0.39 is 11.0 Å². The third kappa shape index (κ3) is 1.49. The van der Waals surface area contributed by atoms with Gasteiger partial charge in [0.15, 0.2) is 0 Å². The Balaban J connectivity index is 3.15. The van der Waals surface area contributed by atoms with Gasteiger partial charge in [0, 0.05) is 0 Å². The molecule has 0 spiro atoms. The molecule has 0 bridgehead atoms. The van der Waals surface area contributed by atoms with Crippen molar-refractivity contribution in [3.05, 3.63) is 22.0 Å². The predicted molar refractivity (Wildman–Crippen MR) is 43.9 cm³/mol. The third-order valence-corrected chi connectivity index (χ3v) is 1.77. The van der Waals surface area contributed by atoms with Crippen molar-refractivity contribution in [1.29, 1.82) is 5.26 Å². The topological polar surface area (TPSA) is 84.8 Å². The normalized spacial score (nSPS) is 12.1. The molecule has 1 rings (SSSR count). The zero-order chi connectivity index (χ0) is 10.0. The highest BCUT2D eigenvalue weighted by molar-refractivity contribution is 5.32. The summed E-state index contributed by atoms with van der Waals surface area (Å²) in [4.78, 5) is 9.90. The van der Waals surface area contributed by atoms with Gasteiger partial charge in [-0.05, 0) is 13.8 Å². The first kappa shape index (κ1) is 9.19. The van der Waals surface area contributed by atoms with Crippen LogP contribution in [0.2, 0.25) is 0 Å². The van der Waals surface area contributed by atoms with Gasteiger partial charge in [0.05, 0.1) is 11.0 Å². The Morgan fingerprint density at radius 2 is 2.46 bits per heavy atom. The summed E-state index contributed by atoms with van der Waals surface area (Å²) in [6.07, 6.45) is 1.16. The lowest BCUT2D eigenvalue weighted by Gasteiger charge is -2.03. The van der Waals surface area contributed by atoms with Crippen molar-refractivity contribution < 1.29 is 4.92 Å². The Morgan fingerprint density at radius 3 is 2.85 bits per heavy atom. The fourth-order valence-electron chi connectivity index (χ4n) is 1.04. The highest BCUT2D eigenvalue weighted by atomic mass is 16.6. The van der Waals surface area contributed by atoms with Gasteiger partial charge in [-0.3, -0.25) is 10.1 Å². The fourth-order valence-corrected chi connectivity index (χ4v) is 1.04. The standard InChI is InChI=1S/C7H8N4O2/c1-5(3-8)10-6(2)7(4-9-10)11(12)13/h4-5H,1-2H3. The van der Waals surface area contributed by atoms with E-state index in [9.17, 15) is 10.1 Å². The van der Waals surface area contributed by atoms with Crippen molar-refractivity contribution >= 4 is 5.69 Å². The molecule has 0 aliphatic heterocycles. The van der Waals surface area contributed by atoms with Crippen LogP contribution in [0.5, 0.6) is 0 Å². The SMILES string of the molecule is Cc1c([N+](=O)[O-])cnn1C(C)C#N. The van der Waals surface area contributed by atoms with E-state index in [4.69, 9.17) is 5.26 Å². The maximum atomic E-state index is 10.4. The average Bonchev–Trinajstić information content (AvgIpc) is 2.46. The highest BCUT2D eigenvalue weighted by Gasteiger charge is 2.18. The molecule has 13 heavy (non-hydrogen) atoms. The molecule has 0 saturated carbocycles. The van der Waals surface area contributed by atoms with Crippen molar-refractivity contribution in [1.82, 2.24) is 9.78 Å². The van der Waals surface area contributed by atoms with Gasteiger partial charge in [-0.1, -0.05) is 0 Å². The summed E-state index contributed by atoms with van der Waals surface area (Å²) in [6.45, 7) is 3.20. The molecule has 0 aromatic carbocycles. The maximum absolute atomic E-state index is 10.4. The monoisotopic (exact) mass is 180 g/mol. The summed E-state index contributed by atoms with van der Waals surface area (Å²) in [6, 6.07) is 1.47. The lowest BCUT2D eigenvalue weighted by molar-refractivity contribution is -0.385. The molecular formula is C7H8N4O2. The van der Waals surface area contributed by atoms with Crippen LogP contribution in [-0.4, -0.2) is 14.7 Å². The van der Waals surface area contributed by atoms with E-state index in [-0.39, 0.29) is 5.69 Å². The Bertz CT molecular complexity index is 376. The van der Waals surface area contributed by atoms with Gasteiger partial charge < -0.3 is 0 Å². The van der Waals surface area contributed by atoms with E-state index in [2.05, 4.69) is 5.10 Å². The van der Waals surface area contributed by atoms with Crippen LogP contribution in [0.15, 0.2) is 6.20 Å². The third-order valence-electron chi connectivity index (χ3n) is 1.77.